The molecule has 0 aliphatic carbocycles. The van der Waals surface area contributed by atoms with Crippen molar-refractivity contribution >= 4 is 5.97 Å². The lowest BCUT2D eigenvalue weighted by molar-refractivity contribution is -0.138. The van der Waals surface area contributed by atoms with Gasteiger partial charge < -0.3 is 5.11 Å². The third-order valence-electron chi connectivity index (χ3n) is 3.76. The van der Waals surface area contributed by atoms with E-state index in [2.05, 4.69) is 0 Å². The molecule has 1 aliphatic heterocycles. The maximum atomic E-state index is 13.8. The minimum atomic E-state index is -0.863. The highest BCUT2D eigenvalue weighted by Crippen LogP contribution is 2.32. The van der Waals surface area contributed by atoms with Crippen LogP contribution in [0.5, 0.6) is 0 Å². The Labute approximate surface area is 110 Å². The van der Waals surface area contributed by atoms with E-state index in [9.17, 15) is 13.6 Å². The van der Waals surface area contributed by atoms with Gasteiger partial charge in [-0.25, -0.2) is 8.78 Å². The Bertz CT molecular complexity index is 479. The van der Waals surface area contributed by atoms with Crippen molar-refractivity contribution in [2.75, 3.05) is 6.54 Å². The molecule has 2 atom stereocenters. The number of carboxylic acids is 1. The summed E-state index contributed by atoms with van der Waals surface area (Å²) in [6.07, 6.45) is 1.72. The lowest BCUT2D eigenvalue weighted by atomic mass is 10.0. The average Bonchev–Trinajstić information content (AvgIpc) is 2.79. The van der Waals surface area contributed by atoms with E-state index >= 15 is 0 Å². The minimum Gasteiger partial charge on any atom is -0.481 e. The van der Waals surface area contributed by atoms with Gasteiger partial charge in [0.1, 0.15) is 0 Å². The second-order valence-corrected chi connectivity index (χ2v) is 4.95. The van der Waals surface area contributed by atoms with Gasteiger partial charge in [0.05, 0.1) is 6.42 Å². The number of rotatable bonds is 4. The van der Waals surface area contributed by atoms with Crippen LogP contribution in [-0.2, 0) is 4.79 Å². The highest BCUT2D eigenvalue weighted by atomic mass is 19.2. The maximum Gasteiger partial charge on any atom is 0.304 e. The molecular weight excluding hydrogens is 252 g/mol. The Kier molecular flexibility index (Phi) is 4.14. The molecule has 0 bridgehead atoms. The summed E-state index contributed by atoms with van der Waals surface area (Å²) < 4.78 is 27.0. The van der Waals surface area contributed by atoms with Gasteiger partial charge in [0.15, 0.2) is 11.6 Å². The monoisotopic (exact) mass is 269 g/mol. The first-order valence-electron chi connectivity index (χ1n) is 6.42. The molecule has 1 saturated heterocycles. The zero-order chi connectivity index (χ0) is 14.0. The Morgan fingerprint density at radius 3 is 2.95 bits per heavy atom. The van der Waals surface area contributed by atoms with Crippen molar-refractivity contribution in [3.8, 4) is 0 Å². The molecule has 2 rings (SSSR count). The van der Waals surface area contributed by atoms with Crippen molar-refractivity contribution < 1.29 is 18.7 Å². The first-order valence-corrected chi connectivity index (χ1v) is 6.42. The van der Waals surface area contributed by atoms with Crippen LogP contribution < -0.4 is 0 Å². The maximum absolute atomic E-state index is 13.8. The van der Waals surface area contributed by atoms with Gasteiger partial charge in [0.25, 0.3) is 0 Å². The van der Waals surface area contributed by atoms with Gasteiger partial charge in [-0.05, 0) is 32.4 Å². The zero-order valence-electron chi connectivity index (χ0n) is 10.8. The first kappa shape index (κ1) is 13.9. The molecule has 3 nitrogen and oxygen atoms in total. The van der Waals surface area contributed by atoms with Gasteiger partial charge in [-0.1, -0.05) is 12.1 Å². The van der Waals surface area contributed by atoms with Crippen molar-refractivity contribution in [3.05, 3.63) is 35.4 Å². The second-order valence-electron chi connectivity index (χ2n) is 4.95. The predicted octanol–water partition coefficient (Wildman–Crippen LogP) is 2.96. The van der Waals surface area contributed by atoms with E-state index in [0.717, 1.165) is 25.5 Å². The van der Waals surface area contributed by atoms with Crippen molar-refractivity contribution in [2.45, 2.75) is 38.3 Å². The van der Waals surface area contributed by atoms with E-state index in [1.807, 2.05) is 4.90 Å². The third-order valence-corrected chi connectivity index (χ3v) is 3.76. The molecular formula is C14H17F2NO2. The van der Waals surface area contributed by atoms with Gasteiger partial charge in [-0.2, -0.15) is 0 Å². The summed E-state index contributed by atoms with van der Waals surface area (Å²) in [6.45, 7) is 2.51. The van der Waals surface area contributed by atoms with Crippen LogP contribution >= 0.6 is 0 Å². The largest absolute Gasteiger partial charge is 0.481 e. The van der Waals surface area contributed by atoms with Crippen LogP contribution in [0.15, 0.2) is 18.2 Å². The molecule has 0 radical (unpaired) electrons. The van der Waals surface area contributed by atoms with Gasteiger partial charge >= 0.3 is 5.97 Å². The summed E-state index contributed by atoms with van der Waals surface area (Å²) in [6, 6.07) is 3.70. The molecule has 0 spiro atoms. The molecule has 1 heterocycles. The number of halogens is 2. The molecule has 2 unspecified atom stereocenters. The molecule has 1 fully saturated rings. The lowest BCUT2D eigenvalue weighted by Crippen LogP contribution is -2.34. The second kappa shape index (κ2) is 5.65. The van der Waals surface area contributed by atoms with Crippen molar-refractivity contribution in [1.29, 1.82) is 0 Å². The van der Waals surface area contributed by atoms with Crippen LogP contribution in [0.4, 0.5) is 8.78 Å². The highest BCUT2D eigenvalue weighted by molar-refractivity contribution is 5.67. The molecule has 104 valence electrons. The quantitative estimate of drug-likeness (QED) is 0.913. The Hall–Kier alpha value is -1.49. The van der Waals surface area contributed by atoms with E-state index in [4.69, 9.17) is 5.11 Å². The van der Waals surface area contributed by atoms with Gasteiger partial charge in [-0.3, -0.25) is 9.69 Å². The summed E-state index contributed by atoms with van der Waals surface area (Å²) in [7, 11) is 0. The van der Waals surface area contributed by atoms with Crippen molar-refractivity contribution in [1.82, 2.24) is 4.90 Å². The summed E-state index contributed by atoms with van der Waals surface area (Å²) in [5.41, 5.74) is 0.289. The minimum absolute atomic E-state index is 0.0429. The molecule has 5 heteroatoms. The smallest absolute Gasteiger partial charge is 0.304 e. The summed E-state index contributed by atoms with van der Waals surface area (Å²) in [4.78, 5) is 12.8. The first-order chi connectivity index (χ1) is 9.00. The van der Waals surface area contributed by atoms with Gasteiger partial charge in [0.2, 0.25) is 0 Å². The van der Waals surface area contributed by atoms with Crippen LogP contribution in [0, 0.1) is 11.6 Å². The third kappa shape index (κ3) is 2.92. The average molecular weight is 269 g/mol. The lowest BCUT2D eigenvalue weighted by Gasteiger charge is -2.30. The van der Waals surface area contributed by atoms with Crippen LogP contribution in [0.3, 0.4) is 0 Å². The van der Waals surface area contributed by atoms with Crippen molar-refractivity contribution in [3.63, 3.8) is 0 Å². The standard InChI is InChI=1S/C14H17F2NO2/c1-9(11-5-2-6-12(15)14(11)16)17-7-3-4-10(17)8-13(18)19/h2,5-6,9-10H,3-4,7-8H2,1H3,(H,18,19). The van der Waals surface area contributed by atoms with E-state index in [-0.39, 0.29) is 24.1 Å². The van der Waals surface area contributed by atoms with Crippen molar-refractivity contribution in [2.24, 2.45) is 0 Å². The Morgan fingerprint density at radius 2 is 2.26 bits per heavy atom. The fraction of sp³-hybridized carbons (Fsp3) is 0.500. The SMILES string of the molecule is CC(c1cccc(F)c1F)N1CCCC1CC(=O)O. The molecule has 1 aromatic rings. The fourth-order valence-electron chi connectivity index (χ4n) is 2.81. The number of benzene rings is 1. The normalized spacial score (nSPS) is 21.5. The molecule has 0 amide bonds. The summed E-state index contributed by atoms with van der Waals surface area (Å²) in [5.74, 6) is -2.56. The van der Waals surface area contributed by atoms with Crippen LogP contribution in [-0.4, -0.2) is 28.6 Å². The Balaban J connectivity index is 2.20. The summed E-state index contributed by atoms with van der Waals surface area (Å²) >= 11 is 0. The number of hydrogen-bond acceptors (Lipinski definition) is 2. The number of carbonyl (C=O) groups is 1. The fourth-order valence-corrected chi connectivity index (χ4v) is 2.81. The van der Waals surface area contributed by atoms with Crippen LogP contribution in [0.1, 0.15) is 37.8 Å². The van der Waals surface area contributed by atoms with E-state index in [1.165, 1.54) is 6.07 Å². The molecule has 1 N–H and O–H groups in total. The summed E-state index contributed by atoms with van der Waals surface area (Å²) in [5, 5.41) is 8.88. The zero-order valence-corrected chi connectivity index (χ0v) is 10.8. The van der Waals surface area contributed by atoms with E-state index in [0.29, 0.717) is 0 Å². The van der Waals surface area contributed by atoms with Crippen LogP contribution in [0.25, 0.3) is 0 Å². The number of hydrogen-bond donors (Lipinski definition) is 1. The number of aliphatic carboxylic acids is 1. The molecule has 1 aromatic carbocycles. The highest BCUT2D eigenvalue weighted by Gasteiger charge is 2.32. The van der Waals surface area contributed by atoms with E-state index < -0.39 is 17.6 Å². The number of likely N-dealkylation sites (tertiary alicyclic amines) is 1. The number of nitrogens with zero attached hydrogens (tertiary/aromatic N) is 1. The molecule has 1 aliphatic rings. The molecule has 0 saturated carbocycles. The van der Waals surface area contributed by atoms with Crippen LogP contribution in [0.2, 0.25) is 0 Å². The number of carboxylic acid groups (broad SMARTS) is 1. The Morgan fingerprint density at radius 1 is 1.53 bits per heavy atom. The van der Waals surface area contributed by atoms with Gasteiger partial charge in [-0.15, -0.1) is 0 Å². The van der Waals surface area contributed by atoms with Gasteiger partial charge in [0, 0.05) is 17.6 Å². The molecule has 19 heavy (non-hydrogen) atoms. The van der Waals surface area contributed by atoms with E-state index in [1.54, 1.807) is 13.0 Å². The molecule has 0 aromatic heterocycles. The topological polar surface area (TPSA) is 40.5 Å². The predicted molar refractivity (Wildman–Crippen MR) is 66.8 cm³/mol.